The fourth-order valence-electron chi connectivity index (χ4n) is 3.91. The van der Waals surface area contributed by atoms with Gasteiger partial charge in [0.2, 0.25) is 5.91 Å². The second kappa shape index (κ2) is 8.72. The largest absolute Gasteiger partial charge is 0.350 e. The van der Waals surface area contributed by atoms with Gasteiger partial charge in [-0.25, -0.2) is 0 Å². The SMILES string of the molecule is CC(CN1C(=O)c2ccccc2C1C(=O)NCc1ccccc1)c1ccc(Cl)cc1. The van der Waals surface area contributed by atoms with Crippen molar-refractivity contribution >= 4 is 23.4 Å². The van der Waals surface area contributed by atoms with E-state index in [1.807, 2.05) is 72.8 Å². The number of hydrogen-bond donors (Lipinski definition) is 1. The van der Waals surface area contributed by atoms with E-state index in [-0.39, 0.29) is 17.7 Å². The first-order chi connectivity index (χ1) is 14.5. The number of carbonyl (C=O) groups is 2. The molecule has 3 aromatic rings. The summed E-state index contributed by atoms with van der Waals surface area (Å²) in [6, 6.07) is 24.1. The first kappa shape index (κ1) is 20.2. The number of carbonyl (C=O) groups excluding carboxylic acids is 2. The first-order valence-electron chi connectivity index (χ1n) is 10.0. The zero-order valence-corrected chi connectivity index (χ0v) is 17.5. The Kier molecular flexibility index (Phi) is 5.86. The molecule has 0 saturated heterocycles. The number of nitrogens with one attached hydrogen (secondary N) is 1. The Bertz CT molecular complexity index is 1050. The van der Waals surface area contributed by atoms with Crippen LogP contribution >= 0.6 is 11.6 Å². The van der Waals surface area contributed by atoms with Crippen molar-refractivity contribution in [3.8, 4) is 0 Å². The molecule has 1 heterocycles. The highest BCUT2D eigenvalue weighted by atomic mass is 35.5. The summed E-state index contributed by atoms with van der Waals surface area (Å²) in [5, 5.41) is 3.68. The molecule has 0 fully saturated rings. The van der Waals surface area contributed by atoms with Gasteiger partial charge in [-0.2, -0.15) is 0 Å². The number of fused-ring (bicyclic) bond motifs is 1. The lowest BCUT2D eigenvalue weighted by Crippen LogP contribution is -2.40. The first-order valence-corrected chi connectivity index (χ1v) is 10.4. The Balaban J connectivity index is 1.57. The number of nitrogens with zero attached hydrogens (tertiary/aromatic N) is 1. The number of hydrogen-bond acceptors (Lipinski definition) is 2. The van der Waals surface area contributed by atoms with Crippen molar-refractivity contribution in [2.24, 2.45) is 0 Å². The van der Waals surface area contributed by atoms with Crippen LogP contribution in [0.25, 0.3) is 0 Å². The highest BCUT2D eigenvalue weighted by molar-refractivity contribution is 6.30. The zero-order chi connectivity index (χ0) is 21.1. The topological polar surface area (TPSA) is 49.4 Å². The maximum atomic E-state index is 13.2. The lowest BCUT2D eigenvalue weighted by atomic mass is 9.99. The van der Waals surface area contributed by atoms with Crippen LogP contribution in [0, 0.1) is 0 Å². The quantitative estimate of drug-likeness (QED) is 0.615. The Morgan fingerprint density at radius 1 is 1.00 bits per heavy atom. The second-order valence-corrected chi connectivity index (χ2v) is 8.04. The van der Waals surface area contributed by atoms with Gasteiger partial charge in [0.1, 0.15) is 6.04 Å². The molecule has 2 unspecified atom stereocenters. The van der Waals surface area contributed by atoms with Gasteiger partial charge in [-0.15, -0.1) is 0 Å². The molecule has 2 atom stereocenters. The number of benzene rings is 3. The molecule has 0 aromatic heterocycles. The fraction of sp³-hybridized carbons (Fsp3) is 0.200. The Morgan fingerprint density at radius 2 is 1.67 bits per heavy atom. The number of rotatable bonds is 6. The molecule has 4 nitrogen and oxygen atoms in total. The van der Waals surface area contributed by atoms with E-state index in [1.165, 1.54) is 0 Å². The molecule has 0 bridgehead atoms. The van der Waals surface area contributed by atoms with E-state index in [2.05, 4.69) is 12.2 Å². The van der Waals surface area contributed by atoms with Crippen LogP contribution in [-0.4, -0.2) is 23.3 Å². The van der Waals surface area contributed by atoms with E-state index >= 15 is 0 Å². The van der Waals surface area contributed by atoms with Gasteiger partial charge in [0.05, 0.1) is 0 Å². The molecule has 4 rings (SSSR count). The maximum absolute atomic E-state index is 13.2. The fourth-order valence-corrected chi connectivity index (χ4v) is 4.04. The van der Waals surface area contributed by atoms with E-state index < -0.39 is 6.04 Å². The Labute approximate surface area is 181 Å². The van der Waals surface area contributed by atoms with Crippen LogP contribution in [0.4, 0.5) is 0 Å². The average Bonchev–Trinajstić information content (AvgIpc) is 3.05. The summed E-state index contributed by atoms with van der Waals surface area (Å²) in [7, 11) is 0. The van der Waals surface area contributed by atoms with Crippen molar-refractivity contribution in [1.82, 2.24) is 10.2 Å². The molecule has 0 radical (unpaired) electrons. The minimum absolute atomic E-state index is 0.0601. The highest BCUT2D eigenvalue weighted by Crippen LogP contribution is 2.35. The molecule has 5 heteroatoms. The van der Waals surface area contributed by atoms with Gasteiger partial charge in [-0.3, -0.25) is 9.59 Å². The third-order valence-corrected chi connectivity index (χ3v) is 5.78. The van der Waals surface area contributed by atoms with Crippen molar-refractivity contribution in [3.63, 3.8) is 0 Å². The van der Waals surface area contributed by atoms with Crippen LogP contribution in [0.15, 0.2) is 78.9 Å². The Morgan fingerprint density at radius 3 is 2.40 bits per heavy atom. The highest BCUT2D eigenvalue weighted by Gasteiger charge is 2.41. The normalized spacial score (nSPS) is 16.3. The standard InChI is InChI=1S/C25H23ClN2O2/c1-17(19-11-13-20(26)14-12-19)16-28-23(21-9-5-6-10-22(21)25(28)30)24(29)27-15-18-7-3-2-4-8-18/h2-14,17,23H,15-16H2,1H3,(H,27,29). The molecule has 1 N–H and O–H groups in total. The summed E-state index contributed by atoms with van der Waals surface area (Å²) in [5.74, 6) is -0.211. The third kappa shape index (κ3) is 4.10. The van der Waals surface area contributed by atoms with E-state index in [1.54, 1.807) is 11.0 Å². The van der Waals surface area contributed by atoms with Crippen molar-refractivity contribution < 1.29 is 9.59 Å². The summed E-state index contributed by atoms with van der Waals surface area (Å²) in [6.07, 6.45) is 0. The summed E-state index contributed by atoms with van der Waals surface area (Å²) in [5.41, 5.74) is 3.45. The van der Waals surface area contributed by atoms with Crippen LogP contribution < -0.4 is 5.32 Å². The van der Waals surface area contributed by atoms with Gasteiger partial charge in [0, 0.05) is 23.7 Å². The van der Waals surface area contributed by atoms with Crippen LogP contribution in [0.1, 0.15) is 45.9 Å². The summed E-state index contributed by atoms with van der Waals surface area (Å²) in [6.45, 7) is 2.92. The summed E-state index contributed by atoms with van der Waals surface area (Å²) >= 11 is 6.00. The average molecular weight is 419 g/mol. The number of halogens is 1. The lowest BCUT2D eigenvalue weighted by molar-refractivity contribution is -0.125. The summed E-state index contributed by atoms with van der Waals surface area (Å²) in [4.78, 5) is 28.0. The second-order valence-electron chi connectivity index (χ2n) is 7.60. The smallest absolute Gasteiger partial charge is 0.255 e. The van der Waals surface area contributed by atoms with Crippen molar-refractivity contribution in [3.05, 3.63) is 106 Å². The minimum Gasteiger partial charge on any atom is -0.350 e. The van der Waals surface area contributed by atoms with E-state index in [9.17, 15) is 9.59 Å². The molecule has 0 aliphatic carbocycles. The van der Waals surface area contributed by atoms with Crippen molar-refractivity contribution in [2.45, 2.75) is 25.4 Å². The molecular formula is C25H23ClN2O2. The minimum atomic E-state index is -0.632. The van der Waals surface area contributed by atoms with Crippen molar-refractivity contribution in [2.75, 3.05) is 6.54 Å². The Hall–Kier alpha value is -3.11. The van der Waals surface area contributed by atoms with Crippen LogP contribution in [0.5, 0.6) is 0 Å². The van der Waals surface area contributed by atoms with Gasteiger partial charge in [0.25, 0.3) is 5.91 Å². The molecular weight excluding hydrogens is 396 g/mol. The lowest BCUT2D eigenvalue weighted by Gasteiger charge is -2.27. The number of amides is 2. The van der Waals surface area contributed by atoms with E-state index in [4.69, 9.17) is 11.6 Å². The molecule has 2 amide bonds. The van der Waals surface area contributed by atoms with Crippen LogP contribution in [0.3, 0.4) is 0 Å². The van der Waals surface area contributed by atoms with Gasteiger partial charge in [-0.1, -0.05) is 79.2 Å². The van der Waals surface area contributed by atoms with Gasteiger partial charge >= 0.3 is 0 Å². The summed E-state index contributed by atoms with van der Waals surface area (Å²) < 4.78 is 0. The molecule has 1 aliphatic heterocycles. The van der Waals surface area contributed by atoms with Crippen LogP contribution in [0.2, 0.25) is 5.02 Å². The molecule has 30 heavy (non-hydrogen) atoms. The molecule has 0 saturated carbocycles. The molecule has 0 spiro atoms. The van der Waals surface area contributed by atoms with Gasteiger partial charge < -0.3 is 10.2 Å². The molecule has 3 aromatic carbocycles. The monoisotopic (exact) mass is 418 g/mol. The van der Waals surface area contributed by atoms with E-state index in [0.29, 0.717) is 23.7 Å². The van der Waals surface area contributed by atoms with Gasteiger partial charge in [-0.05, 0) is 40.8 Å². The van der Waals surface area contributed by atoms with Crippen LogP contribution in [-0.2, 0) is 11.3 Å². The maximum Gasteiger partial charge on any atom is 0.255 e. The zero-order valence-electron chi connectivity index (χ0n) is 16.7. The molecule has 1 aliphatic rings. The van der Waals surface area contributed by atoms with Crippen molar-refractivity contribution in [1.29, 1.82) is 0 Å². The van der Waals surface area contributed by atoms with E-state index in [0.717, 1.165) is 16.7 Å². The predicted octanol–water partition coefficient (Wildman–Crippen LogP) is 4.96. The predicted molar refractivity (Wildman–Crippen MR) is 118 cm³/mol. The molecule has 152 valence electrons. The third-order valence-electron chi connectivity index (χ3n) is 5.53. The van der Waals surface area contributed by atoms with Gasteiger partial charge in [0.15, 0.2) is 0 Å².